The van der Waals surface area contributed by atoms with Gasteiger partial charge in [-0.05, 0) is 31.4 Å². The average Bonchev–Trinajstić information content (AvgIpc) is 2.25. The van der Waals surface area contributed by atoms with Crippen LogP contribution in [0.15, 0.2) is 0 Å². The molecule has 2 heteroatoms. The maximum absolute atomic E-state index is 6.02. The quantitative estimate of drug-likeness (QED) is 0.587. The zero-order chi connectivity index (χ0) is 12.6. The van der Waals surface area contributed by atoms with Gasteiger partial charge in [0.1, 0.15) is 0 Å². The highest BCUT2D eigenvalue weighted by atomic mass is 32.1. The summed E-state index contributed by atoms with van der Waals surface area (Å²) >= 11 is 4.54. The second-order valence-electron chi connectivity index (χ2n) is 5.42. The molecule has 98 valence electrons. The zero-order valence-electron chi connectivity index (χ0n) is 11.8. The number of rotatable bonds is 9. The Morgan fingerprint density at radius 1 is 1.06 bits per heavy atom. The molecule has 1 unspecified atom stereocenters. The number of ether oxygens (including phenoxy) is 1. The molecule has 0 aliphatic heterocycles. The SMILES string of the molecule is CCCC(CS)(CCC)COC(C)C(C)C. The van der Waals surface area contributed by atoms with Crippen molar-refractivity contribution in [3.8, 4) is 0 Å². The normalized spacial score (nSPS) is 14.4. The topological polar surface area (TPSA) is 9.23 Å². The van der Waals surface area contributed by atoms with Crippen molar-refractivity contribution in [3.05, 3.63) is 0 Å². The van der Waals surface area contributed by atoms with Gasteiger partial charge in [-0.3, -0.25) is 0 Å². The lowest BCUT2D eigenvalue weighted by Crippen LogP contribution is -2.32. The molecule has 0 spiro atoms. The standard InChI is InChI=1S/C14H30OS/c1-6-8-14(11-16,9-7-2)10-15-13(5)12(3)4/h12-13,16H,6-11H2,1-5H3. The highest BCUT2D eigenvalue weighted by Crippen LogP contribution is 2.32. The second kappa shape index (κ2) is 8.41. The minimum Gasteiger partial charge on any atom is -0.378 e. The summed E-state index contributed by atoms with van der Waals surface area (Å²) < 4.78 is 6.02. The summed E-state index contributed by atoms with van der Waals surface area (Å²) in [7, 11) is 0. The molecule has 0 saturated heterocycles. The van der Waals surface area contributed by atoms with Gasteiger partial charge in [0.25, 0.3) is 0 Å². The van der Waals surface area contributed by atoms with E-state index < -0.39 is 0 Å². The summed E-state index contributed by atoms with van der Waals surface area (Å²) in [6, 6.07) is 0. The molecule has 0 aliphatic rings. The van der Waals surface area contributed by atoms with E-state index in [9.17, 15) is 0 Å². The Morgan fingerprint density at radius 2 is 1.56 bits per heavy atom. The van der Waals surface area contributed by atoms with E-state index in [1.54, 1.807) is 0 Å². The van der Waals surface area contributed by atoms with Crippen molar-refractivity contribution in [2.24, 2.45) is 11.3 Å². The van der Waals surface area contributed by atoms with Crippen molar-refractivity contribution in [1.29, 1.82) is 0 Å². The van der Waals surface area contributed by atoms with Crippen molar-refractivity contribution in [2.45, 2.75) is 66.4 Å². The van der Waals surface area contributed by atoms with E-state index >= 15 is 0 Å². The van der Waals surface area contributed by atoms with E-state index in [4.69, 9.17) is 4.74 Å². The third-order valence-electron chi connectivity index (χ3n) is 3.49. The second-order valence-corrected chi connectivity index (χ2v) is 5.73. The summed E-state index contributed by atoms with van der Waals surface area (Å²) in [6.45, 7) is 12.0. The summed E-state index contributed by atoms with van der Waals surface area (Å²) in [5.74, 6) is 1.54. The first-order chi connectivity index (χ1) is 7.51. The van der Waals surface area contributed by atoms with E-state index in [0.717, 1.165) is 12.4 Å². The molecule has 0 aromatic rings. The van der Waals surface area contributed by atoms with Gasteiger partial charge in [-0.15, -0.1) is 0 Å². The summed E-state index contributed by atoms with van der Waals surface area (Å²) in [6.07, 6.45) is 5.26. The first-order valence-electron chi connectivity index (χ1n) is 6.73. The Bertz CT molecular complexity index is 162. The van der Waals surface area contributed by atoms with Crippen LogP contribution in [0.2, 0.25) is 0 Å². The molecule has 0 saturated carbocycles. The van der Waals surface area contributed by atoms with Gasteiger partial charge in [0.2, 0.25) is 0 Å². The molecule has 1 atom stereocenters. The van der Waals surface area contributed by atoms with Gasteiger partial charge in [0.15, 0.2) is 0 Å². The zero-order valence-corrected chi connectivity index (χ0v) is 12.6. The monoisotopic (exact) mass is 246 g/mol. The van der Waals surface area contributed by atoms with Crippen LogP contribution in [-0.4, -0.2) is 18.5 Å². The van der Waals surface area contributed by atoms with Crippen LogP contribution in [-0.2, 0) is 4.74 Å². The van der Waals surface area contributed by atoms with Crippen molar-refractivity contribution in [3.63, 3.8) is 0 Å². The highest BCUT2D eigenvalue weighted by molar-refractivity contribution is 7.80. The molecule has 0 rings (SSSR count). The molecular weight excluding hydrogens is 216 g/mol. The summed E-state index contributed by atoms with van der Waals surface area (Å²) in [4.78, 5) is 0. The smallest absolute Gasteiger partial charge is 0.0570 e. The lowest BCUT2D eigenvalue weighted by atomic mass is 9.82. The fraction of sp³-hybridized carbons (Fsp3) is 1.00. The molecule has 0 N–H and O–H groups in total. The Morgan fingerprint density at radius 3 is 1.88 bits per heavy atom. The fourth-order valence-electron chi connectivity index (χ4n) is 2.03. The molecule has 0 bridgehead atoms. The molecular formula is C14H30OS. The molecule has 0 fully saturated rings. The van der Waals surface area contributed by atoms with Crippen molar-refractivity contribution in [1.82, 2.24) is 0 Å². The lowest BCUT2D eigenvalue weighted by Gasteiger charge is -2.33. The predicted octanol–water partition coefficient (Wildman–Crippen LogP) is 4.56. The fourth-order valence-corrected chi connectivity index (χ4v) is 2.44. The van der Waals surface area contributed by atoms with Gasteiger partial charge >= 0.3 is 0 Å². The molecule has 16 heavy (non-hydrogen) atoms. The van der Waals surface area contributed by atoms with Gasteiger partial charge in [-0.25, -0.2) is 0 Å². The van der Waals surface area contributed by atoms with Gasteiger partial charge in [-0.2, -0.15) is 12.6 Å². The Balaban J connectivity index is 4.29. The minimum atomic E-state index is 0.301. The van der Waals surface area contributed by atoms with E-state index in [0.29, 0.717) is 17.4 Å². The predicted molar refractivity (Wildman–Crippen MR) is 76.4 cm³/mol. The maximum atomic E-state index is 6.02. The minimum absolute atomic E-state index is 0.301. The summed E-state index contributed by atoms with van der Waals surface area (Å²) in [5, 5.41) is 0. The average molecular weight is 246 g/mol. The third-order valence-corrected chi connectivity index (χ3v) is 4.16. The largest absolute Gasteiger partial charge is 0.378 e. The van der Waals surface area contributed by atoms with Crippen LogP contribution < -0.4 is 0 Å². The van der Waals surface area contributed by atoms with Crippen molar-refractivity contribution in [2.75, 3.05) is 12.4 Å². The van der Waals surface area contributed by atoms with Gasteiger partial charge in [0, 0.05) is 5.41 Å². The molecule has 0 heterocycles. The highest BCUT2D eigenvalue weighted by Gasteiger charge is 2.28. The summed E-state index contributed by atoms with van der Waals surface area (Å²) in [5.41, 5.74) is 0.301. The van der Waals surface area contributed by atoms with Crippen molar-refractivity contribution < 1.29 is 4.74 Å². The van der Waals surface area contributed by atoms with Crippen LogP contribution in [0.3, 0.4) is 0 Å². The van der Waals surface area contributed by atoms with Gasteiger partial charge in [0.05, 0.1) is 12.7 Å². The van der Waals surface area contributed by atoms with Gasteiger partial charge in [-0.1, -0.05) is 40.5 Å². The maximum Gasteiger partial charge on any atom is 0.0570 e. The van der Waals surface area contributed by atoms with Crippen molar-refractivity contribution >= 4 is 12.6 Å². The lowest BCUT2D eigenvalue weighted by molar-refractivity contribution is -0.0200. The molecule has 0 aromatic carbocycles. The Labute approximate surface area is 108 Å². The Kier molecular flexibility index (Phi) is 8.57. The molecule has 0 aliphatic carbocycles. The van der Waals surface area contributed by atoms with E-state index in [-0.39, 0.29) is 0 Å². The molecule has 0 radical (unpaired) electrons. The molecule has 1 nitrogen and oxygen atoms in total. The number of thiol groups is 1. The van der Waals surface area contributed by atoms with E-state index in [1.807, 2.05) is 0 Å². The third kappa shape index (κ3) is 5.58. The van der Waals surface area contributed by atoms with Crippen LogP contribution in [0.5, 0.6) is 0 Å². The molecule has 0 aromatic heterocycles. The number of hydrogen-bond donors (Lipinski definition) is 1. The Hall–Kier alpha value is 0.310. The van der Waals surface area contributed by atoms with Crippen LogP contribution in [0.4, 0.5) is 0 Å². The van der Waals surface area contributed by atoms with Crippen LogP contribution in [0.1, 0.15) is 60.3 Å². The first kappa shape index (κ1) is 16.3. The molecule has 0 amide bonds. The van der Waals surface area contributed by atoms with Crippen LogP contribution in [0.25, 0.3) is 0 Å². The number of hydrogen-bond acceptors (Lipinski definition) is 2. The van der Waals surface area contributed by atoms with Gasteiger partial charge < -0.3 is 4.74 Å². The first-order valence-corrected chi connectivity index (χ1v) is 7.37. The van der Waals surface area contributed by atoms with E-state index in [1.165, 1.54) is 25.7 Å². The van der Waals surface area contributed by atoms with Crippen LogP contribution >= 0.6 is 12.6 Å². The van der Waals surface area contributed by atoms with Crippen LogP contribution in [0, 0.1) is 11.3 Å². The van der Waals surface area contributed by atoms with E-state index in [2.05, 4.69) is 47.2 Å².